The van der Waals surface area contributed by atoms with Crippen molar-refractivity contribution in [3.63, 3.8) is 0 Å². The largest absolute Gasteiger partial charge is 0.345 e. The van der Waals surface area contributed by atoms with Gasteiger partial charge in [0.25, 0.3) is 5.91 Å². The van der Waals surface area contributed by atoms with Crippen LogP contribution in [0.25, 0.3) is 0 Å². The third kappa shape index (κ3) is 3.27. The fraction of sp³-hybridized carbons (Fsp3) is 0.0909. The van der Waals surface area contributed by atoms with Crippen LogP contribution >= 0.6 is 11.3 Å². The van der Waals surface area contributed by atoms with Gasteiger partial charge in [0.05, 0.1) is 15.4 Å². The van der Waals surface area contributed by atoms with Crippen molar-refractivity contribution < 1.29 is 18.1 Å². The van der Waals surface area contributed by atoms with Gasteiger partial charge >= 0.3 is 5.00 Å². The van der Waals surface area contributed by atoms with Gasteiger partial charge in [-0.1, -0.05) is 12.1 Å². The first kappa shape index (κ1) is 16.0. The third-order valence-electron chi connectivity index (χ3n) is 2.58. The average molecular weight is 342 g/mol. The van der Waals surface area contributed by atoms with Crippen molar-refractivity contribution in [2.24, 2.45) is 0 Å². The Kier molecular flexibility index (Phi) is 4.49. The highest BCUT2D eigenvalue weighted by molar-refractivity contribution is 7.89. The standard InChI is InChI=1S/C11H10N4O5S2/c1-12-22(19,20)8-5-3-2-4-7(8)10(16)14-11-13-6-9(21-11)15(17)18/h2-6,12H,1H3,(H,13,14,16). The molecule has 0 atom stereocenters. The molecular formula is C11H10N4O5S2. The van der Waals surface area contributed by atoms with Crippen LogP contribution in [-0.4, -0.2) is 31.3 Å². The van der Waals surface area contributed by atoms with E-state index < -0.39 is 20.9 Å². The van der Waals surface area contributed by atoms with E-state index in [9.17, 15) is 23.3 Å². The summed E-state index contributed by atoms with van der Waals surface area (Å²) in [5, 5.41) is 12.7. The van der Waals surface area contributed by atoms with Crippen molar-refractivity contribution in [1.29, 1.82) is 0 Å². The number of hydrogen-bond acceptors (Lipinski definition) is 7. The van der Waals surface area contributed by atoms with Gasteiger partial charge < -0.3 is 0 Å². The fourth-order valence-electron chi connectivity index (χ4n) is 1.57. The summed E-state index contributed by atoms with van der Waals surface area (Å²) in [6.45, 7) is 0. The van der Waals surface area contributed by atoms with Crippen LogP contribution in [0.2, 0.25) is 0 Å². The molecule has 0 aliphatic heterocycles. The lowest BCUT2D eigenvalue weighted by atomic mass is 10.2. The Morgan fingerprint density at radius 1 is 1.36 bits per heavy atom. The molecule has 0 fully saturated rings. The van der Waals surface area contributed by atoms with Crippen molar-refractivity contribution in [1.82, 2.24) is 9.71 Å². The zero-order chi connectivity index (χ0) is 16.3. The Morgan fingerprint density at radius 3 is 2.64 bits per heavy atom. The number of amides is 1. The first-order chi connectivity index (χ1) is 10.3. The van der Waals surface area contributed by atoms with E-state index in [4.69, 9.17) is 0 Å². The first-order valence-electron chi connectivity index (χ1n) is 5.79. The highest BCUT2D eigenvalue weighted by atomic mass is 32.2. The van der Waals surface area contributed by atoms with E-state index in [0.717, 1.165) is 6.20 Å². The summed E-state index contributed by atoms with van der Waals surface area (Å²) in [5.74, 6) is -0.723. The number of thiazole rings is 1. The molecule has 1 aromatic heterocycles. The zero-order valence-electron chi connectivity index (χ0n) is 11.1. The Morgan fingerprint density at radius 2 is 2.05 bits per heavy atom. The van der Waals surface area contributed by atoms with Crippen molar-refractivity contribution in [3.8, 4) is 0 Å². The number of carbonyl (C=O) groups is 1. The number of hydrogen-bond donors (Lipinski definition) is 2. The van der Waals surface area contributed by atoms with E-state index >= 15 is 0 Å². The van der Waals surface area contributed by atoms with Gasteiger partial charge in [0.1, 0.15) is 6.20 Å². The average Bonchev–Trinajstić information content (AvgIpc) is 2.96. The lowest BCUT2D eigenvalue weighted by molar-refractivity contribution is -0.380. The minimum atomic E-state index is -3.81. The van der Waals surface area contributed by atoms with Gasteiger partial charge in [-0.3, -0.25) is 20.2 Å². The zero-order valence-corrected chi connectivity index (χ0v) is 12.8. The molecule has 0 aliphatic carbocycles. The van der Waals surface area contributed by atoms with Crippen LogP contribution in [0.1, 0.15) is 10.4 Å². The summed E-state index contributed by atoms with van der Waals surface area (Å²) in [7, 11) is -2.58. The molecule has 2 rings (SSSR count). The van der Waals surface area contributed by atoms with Crippen LogP contribution in [-0.2, 0) is 10.0 Å². The van der Waals surface area contributed by atoms with Crippen LogP contribution < -0.4 is 10.0 Å². The lowest BCUT2D eigenvalue weighted by Crippen LogP contribution is -2.23. The predicted octanol–water partition coefficient (Wildman–Crippen LogP) is 1.21. The van der Waals surface area contributed by atoms with Crippen molar-refractivity contribution in [2.45, 2.75) is 4.90 Å². The maximum atomic E-state index is 12.2. The monoisotopic (exact) mass is 342 g/mol. The number of aromatic nitrogens is 1. The molecule has 9 nitrogen and oxygen atoms in total. The van der Waals surface area contributed by atoms with Gasteiger partial charge in [0.2, 0.25) is 10.0 Å². The van der Waals surface area contributed by atoms with E-state index in [2.05, 4.69) is 15.0 Å². The maximum absolute atomic E-state index is 12.2. The maximum Gasteiger partial charge on any atom is 0.345 e. The molecule has 2 aromatic rings. The highest BCUT2D eigenvalue weighted by Crippen LogP contribution is 2.26. The molecule has 0 bridgehead atoms. The quantitative estimate of drug-likeness (QED) is 0.620. The van der Waals surface area contributed by atoms with Crippen LogP contribution in [0.4, 0.5) is 10.1 Å². The summed E-state index contributed by atoms with van der Waals surface area (Å²) < 4.78 is 25.9. The fourth-order valence-corrected chi connectivity index (χ4v) is 3.13. The number of benzene rings is 1. The Bertz CT molecular complexity index is 831. The van der Waals surface area contributed by atoms with Crippen molar-refractivity contribution in [2.75, 3.05) is 12.4 Å². The molecule has 0 aliphatic rings. The molecule has 0 spiro atoms. The molecule has 116 valence electrons. The topological polar surface area (TPSA) is 131 Å². The van der Waals surface area contributed by atoms with E-state index in [0.29, 0.717) is 11.3 Å². The Balaban J connectivity index is 2.32. The van der Waals surface area contributed by atoms with Crippen molar-refractivity contribution >= 4 is 37.4 Å². The molecular weight excluding hydrogens is 332 g/mol. The Hall–Kier alpha value is -2.37. The summed E-state index contributed by atoms with van der Waals surface area (Å²) in [5.41, 5.74) is -0.0882. The summed E-state index contributed by atoms with van der Waals surface area (Å²) >= 11 is 0.676. The molecule has 0 saturated carbocycles. The van der Waals surface area contributed by atoms with Gasteiger partial charge in [-0.2, -0.15) is 0 Å². The van der Waals surface area contributed by atoms with Crippen LogP contribution in [0.3, 0.4) is 0 Å². The Labute approximate surface area is 129 Å². The molecule has 0 saturated heterocycles. The van der Waals surface area contributed by atoms with E-state index in [1.165, 1.54) is 31.3 Å². The minimum Gasteiger partial charge on any atom is -0.298 e. The number of nitro groups is 1. The second-order valence-corrected chi connectivity index (χ2v) is 6.78. The van der Waals surface area contributed by atoms with Crippen LogP contribution in [0, 0.1) is 10.1 Å². The first-order valence-corrected chi connectivity index (χ1v) is 8.09. The number of nitrogens with one attached hydrogen (secondary N) is 2. The smallest absolute Gasteiger partial charge is 0.298 e. The highest BCUT2D eigenvalue weighted by Gasteiger charge is 2.22. The number of rotatable bonds is 5. The van der Waals surface area contributed by atoms with Gasteiger partial charge in [-0.15, -0.1) is 0 Å². The van der Waals surface area contributed by atoms with Crippen LogP contribution in [0.5, 0.6) is 0 Å². The van der Waals surface area contributed by atoms with Gasteiger partial charge in [-0.05, 0) is 30.5 Å². The lowest BCUT2D eigenvalue weighted by Gasteiger charge is -2.08. The summed E-state index contributed by atoms with van der Waals surface area (Å²) in [6, 6.07) is 5.61. The number of sulfonamides is 1. The molecule has 2 N–H and O–H groups in total. The van der Waals surface area contributed by atoms with Crippen LogP contribution in [0.15, 0.2) is 35.4 Å². The summed E-state index contributed by atoms with van der Waals surface area (Å²) in [4.78, 5) is 25.6. The molecule has 22 heavy (non-hydrogen) atoms. The number of anilines is 1. The second kappa shape index (κ2) is 6.17. The third-order valence-corrected chi connectivity index (χ3v) is 4.92. The summed E-state index contributed by atoms with van der Waals surface area (Å²) in [6.07, 6.45) is 1.01. The molecule has 0 unspecified atom stereocenters. The predicted molar refractivity (Wildman–Crippen MR) is 79.4 cm³/mol. The molecule has 0 radical (unpaired) electrons. The molecule has 1 aromatic carbocycles. The SMILES string of the molecule is CNS(=O)(=O)c1ccccc1C(=O)Nc1ncc([N+](=O)[O-])s1. The van der Waals surface area contributed by atoms with E-state index in [-0.39, 0.29) is 20.6 Å². The molecule has 1 amide bonds. The minimum absolute atomic E-state index is 0.00774. The normalized spacial score (nSPS) is 11.1. The van der Waals surface area contributed by atoms with Gasteiger partial charge in [0, 0.05) is 0 Å². The number of nitrogens with zero attached hydrogens (tertiary/aromatic N) is 2. The second-order valence-electron chi connectivity index (χ2n) is 3.92. The number of carbonyl (C=O) groups excluding carboxylic acids is 1. The van der Waals surface area contributed by atoms with Gasteiger partial charge in [-0.25, -0.2) is 18.1 Å². The van der Waals surface area contributed by atoms with E-state index in [1.807, 2.05) is 0 Å². The molecule has 11 heteroatoms. The van der Waals surface area contributed by atoms with Crippen molar-refractivity contribution in [3.05, 3.63) is 46.1 Å². The molecule has 1 heterocycles. The van der Waals surface area contributed by atoms with Gasteiger partial charge in [0.15, 0.2) is 5.13 Å². The van der Waals surface area contributed by atoms with E-state index in [1.54, 1.807) is 0 Å².